The molecule has 0 aromatic carbocycles. The van der Waals surface area contributed by atoms with Gasteiger partial charge in [-0.15, -0.1) is 11.3 Å². The van der Waals surface area contributed by atoms with E-state index in [2.05, 4.69) is 0 Å². The molecule has 1 heterocycles. The number of rotatable bonds is 2. The molecule has 0 saturated heterocycles. The highest BCUT2D eigenvalue weighted by Gasteiger charge is 2.78. The maximum atomic E-state index is 13.1. The summed E-state index contributed by atoms with van der Waals surface area (Å²) in [5.41, 5.74) is -1.44. The molecule has 1 fully saturated rings. The normalized spacial score (nSPS) is 27.7. The second-order valence-corrected chi connectivity index (χ2v) is 4.91. The molecule has 6 heteroatoms. The number of carbonyl (C=O) groups is 1. The average Bonchev–Trinajstić information content (AvgIpc) is 2.55. The molecule has 0 spiro atoms. The van der Waals surface area contributed by atoms with Gasteiger partial charge in [0.15, 0.2) is 5.41 Å². The molecule has 82 valence electrons. The van der Waals surface area contributed by atoms with E-state index in [4.69, 9.17) is 16.7 Å². The Labute approximate surface area is 93.5 Å². The quantitative estimate of drug-likeness (QED) is 0.878. The number of aliphatic carboxylic acids is 1. The summed E-state index contributed by atoms with van der Waals surface area (Å²) in [5.74, 6) is -4.68. The Morgan fingerprint density at radius 1 is 1.67 bits per heavy atom. The van der Waals surface area contributed by atoms with E-state index in [-0.39, 0.29) is 9.90 Å². The van der Waals surface area contributed by atoms with Crippen LogP contribution >= 0.6 is 22.9 Å². The molecule has 1 saturated carbocycles. The van der Waals surface area contributed by atoms with Crippen molar-refractivity contribution >= 4 is 28.9 Å². The zero-order valence-corrected chi connectivity index (χ0v) is 9.25. The highest BCUT2D eigenvalue weighted by atomic mass is 35.5. The van der Waals surface area contributed by atoms with E-state index in [1.54, 1.807) is 12.3 Å². The van der Waals surface area contributed by atoms with Crippen molar-refractivity contribution in [2.45, 2.75) is 24.7 Å². The zero-order chi connectivity index (χ0) is 11.4. The monoisotopic (exact) mass is 252 g/mol. The maximum absolute atomic E-state index is 13.1. The van der Waals surface area contributed by atoms with Crippen molar-refractivity contribution in [1.29, 1.82) is 0 Å². The van der Waals surface area contributed by atoms with E-state index in [0.717, 1.165) is 11.3 Å². The van der Waals surface area contributed by atoms with Gasteiger partial charge in [-0.25, -0.2) is 8.78 Å². The summed E-state index contributed by atoms with van der Waals surface area (Å²) >= 11 is 6.80. The number of thiophene rings is 1. The largest absolute Gasteiger partial charge is 0.480 e. The molecule has 1 aromatic rings. The van der Waals surface area contributed by atoms with Gasteiger partial charge in [0, 0.05) is 11.3 Å². The minimum Gasteiger partial charge on any atom is -0.480 e. The van der Waals surface area contributed by atoms with Crippen molar-refractivity contribution in [2.75, 3.05) is 0 Å². The molecule has 1 atom stereocenters. The summed E-state index contributed by atoms with van der Waals surface area (Å²) in [6.45, 7) is 1.67. The highest BCUT2D eigenvalue weighted by molar-refractivity contribution is 7.11. The maximum Gasteiger partial charge on any atom is 0.321 e. The Morgan fingerprint density at radius 3 is 2.47 bits per heavy atom. The molecule has 2 rings (SSSR count). The first-order valence-electron chi connectivity index (χ1n) is 4.18. The van der Waals surface area contributed by atoms with E-state index >= 15 is 0 Å². The van der Waals surface area contributed by atoms with E-state index < -0.39 is 23.7 Å². The van der Waals surface area contributed by atoms with Crippen molar-refractivity contribution in [1.82, 2.24) is 0 Å². The predicted octanol–water partition coefficient (Wildman–Crippen LogP) is 3.07. The van der Waals surface area contributed by atoms with Crippen LogP contribution in [-0.2, 0) is 10.2 Å². The zero-order valence-electron chi connectivity index (χ0n) is 7.68. The first-order valence-corrected chi connectivity index (χ1v) is 5.44. The fraction of sp³-hybridized carbons (Fsp3) is 0.444. The smallest absolute Gasteiger partial charge is 0.321 e. The molecule has 1 aliphatic rings. The Bertz CT molecular complexity index is 443. The SMILES string of the molecule is Cc1csc(C2(C(=O)O)CC2(F)F)c1Cl. The van der Waals surface area contributed by atoms with Crippen LogP contribution in [0.15, 0.2) is 5.38 Å². The lowest BCUT2D eigenvalue weighted by Crippen LogP contribution is -2.26. The number of hydrogen-bond acceptors (Lipinski definition) is 2. The van der Waals surface area contributed by atoms with Crippen molar-refractivity contribution < 1.29 is 18.7 Å². The lowest BCUT2D eigenvalue weighted by molar-refractivity contribution is -0.142. The van der Waals surface area contributed by atoms with Crippen molar-refractivity contribution in [3.63, 3.8) is 0 Å². The molecule has 0 aliphatic heterocycles. The third-order valence-electron chi connectivity index (χ3n) is 2.64. The second-order valence-electron chi connectivity index (χ2n) is 3.65. The summed E-state index contributed by atoms with van der Waals surface area (Å²) in [7, 11) is 0. The van der Waals surface area contributed by atoms with Crippen molar-refractivity contribution in [2.24, 2.45) is 0 Å². The molecule has 2 nitrogen and oxygen atoms in total. The van der Waals surface area contributed by atoms with Crippen molar-refractivity contribution in [3.8, 4) is 0 Å². The Balaban J connectivity index is 2.55. The fourth-order valence-electron chi connectivity index (χ4n) is 1.58. The van der Waals surface area contributed by atoms with Crippen LogP contribution in [0.25, 0.3) is 0 Å². The minimum atomic E-state index is -3.18. The molecule has 1 aliphatic carbocycles. The van der Waals surface area contributed by atoms with Gasteiger partial charge in [-0.3, -0.25) is 4.79 Å². The van der Waals surface area contributed by atoms with Crippen LogP contribution in [0, 0.1) is 6.92 Å². The van der Waals surface area contributed by atoms with E-state index in [1.807, 2.05) is 0 Å². The van der Waals surface area contributed by atoms with Crippen LogP contribution in [0.5, 0.6) is 0 Å². The number of alkyl halides is 2. The van der Waals surface area contributed by atoms with Gasteiger partial charge in [0.2, 0.25) is 0 Å². The van der Waals surface area contributed by atoms with Crippen LogP contribution in [0.3, 0.4) is 0 Å². The topological polar surface area (TPSA) is 37.3 Å². The minimum absolute atomic E-state index is 0.0687. The van der Waals surface area contributed by atoms with E-state index in [0.29, 0.717) is 5.56 Å². The van der Waals surface area contributed by atoms with E-state index in [1.165, 1.54) is 0 Å². The molecule has 1 unspecified atom stereocenters. The van der Waals surface area contributed by atoms with Gasteiger partial charge in [-0.2, -0.15) is 0 Å². The van der Waals surface area contributed by atoms with Gasteiger partial charge < -0.3 is 5.11 Å². The molecule has 0 bridgehead atoms. The summed E-state index contributed by atoms with van der Waals surface area (Å²) in [6, 6.07) is 0. The van der Waals surface area contributed by atoms with Gasteiger partial charge in [0.05, 0.1) is 5.02 Å². The molecule has 0 amide bonds. The summed E-state index contributed by atoms with van der Waals surface area (Å²) in [6.07, 6.45) is -0.658. The molecule has 15 heavy (non-hydrogen) atoms. The van der Waals surface area contributed by atoms with E-state index in [9.17, 15) is 13.6 Å². The molecule has 1 N–H and O–H groups in total. The summed E-state index contributed by atoms with van der Waals surface area (Å²) in [4.78, 5) is 11.0. The third-order valence-corrected chi connectivity index (χ3v) is 4.50. The van der Waals surface area contributed by atoms with Gasteiger partial charge >= 0.3 is 5.97 Å². The third kappa shape index (κ3) is 1.23. The van der Waals surface area contributed by atoms with Crippen LogP contribution in [0.1, 0.15) is 16.9 Å². The molecular formula is C9H7ClF2O2S. The van der Waals surface area contributed by atoms with Crippen LogP contribution in [0.2, 0.25) is 5.02 Å². The fourth-order valence-corrected chi connectivity index (χ4v) is 3.18. The number of halogens is 3. The molecule has 1 aromatic heterocycles. The molecule has 0 radical (unpaired) electrons. The van der Waals surface area contributed by atoms with Crippen molar-refractivity contribution in [3.05, 3.63) is 20.8 Å². The first kappa shape index (κ1) is 10.8. The Kier molecular flexibility index (Phi) is 2.11. The highest BCUT2D eigenvalue weighted by Crippen LogP contribution is 2.64. The van der Waals surface area contributed by atoms with Crippen LogP contribution in [0.4, 0.5) is 8.78 Å². The average molecular weight is 253 g/mol. The second kappa shape index (κ2) is 2.92. The number of carboxylic acid groups (broad SMARTS) is 1. The Morgan fingerprint density at radius 2 is 2.20 bits per heavy atom. The first-order chi connectivity index (χ1) is 6.83. The number of aryl methyl sites for hydroxylation is 1. The van der Waals surface area contributed by atoms with Gasteiger partial charge in [-0.05, 0) is 17.9 Å². The summed E-state index contributed by atoms with van der Waals surface area (Å²) in [5, 5.41) is 10.6. The van der Waals surface area contributed by atoms with Crippen LogP contribution < -0.4 is 0 Å². The summed E-state index contributed by atoms with van der Waals surface area (Å²) < 4.78 is 26.3. The molecular weight excluding hydrogens is 246 g/mol. The van der Waals surface area contributed by atoms with Crippen LogP contribution in [-0.4, -0.2) is 17.0 Å². The predicted molar refractivity (Wildman–Crippen MR) is 52.9 cm³/mol. The lowest BCUT2D eigenvalue weighted by atomic mass is 10.0. The standard InChI is InChI=1S/C9H7ClF2O2S/c1-4-2-15-6(5(4)10)8(7(13)14)3-9(8,11)12/h2H,3H2,1H3,(H,13,14). The Hall–Kier alpha value is -0.680. The van der Waals surface area contributed by atoms with Gasteiger partial charge in [0.1, 0.15) is 0 Å². The number of carboxylic acids is 1. The van der Waals surface area contributed by atoms with Gasteiger partial charge in [-0.1, -0.05) is 11.6 Å². The lowest BCUT2D eigenvalue weighted by Gasteiger charge is -2.09. The number of hydrogen-bond donors (Lipinski definition) is 1. The van der Waals surface area contributed by atoms with Gasteiger partial charge in [0.25, 0.3) is 5.92 Å².